The molecule has 1 aliphatic carbocycles. The van der Waals surface area contributed by atoms with Crippen molar-refractivity contribution in [3.63, 3.8) is 0 Å². The fourth-order valence-electron chi connectivity index (χ4n) is 6.34. The second-order valence-electron chi connectivity index (χ2n) is 12.1. The highest BCUT2D eigenvalue weighted by Gasteiger charge is 2.35. The first-order valence-electron chi connectivity index (χ1n) is 15.7. The highest BCUT2D eigenvalue weighted by molar-refractivity contribution is 5.84. The van der Waals surface area contributed by atoms with E-state index in [1.165, 1.54) is 33.4 Å². The first-order chi connectivity index (χ1) is 22.5. The second kappa shape index (κ2) is 12.4. The zero-order valence-corrected chi connectivity index (χ0v) is 26.2. The molecule has 0 radical (unpaired) electrons. The fraction of sp³-hybridized carbons (Fsp3) is 0.0930. The number of hydrogen-bond acceptors (Lipinski definition) is 3. The molecule has 1 aromatic heterocycles. The van der Waals surface area contributed by atoms with Crippen LogP contribution < -0.4 is 0 Å². The van der Waals surface area contributed by atoms with E-state index in [9.17, 15) is 0 Å². The smallest absolute Gasteiger partial charge is 0.164 e. The molecule has 0 unspecified atom stereocenters. The Bertz CT molecular complexity index is 2050. The standard InChI is InChI=1S/C43H35N3/c1-4-5-16-31(34-26-27-37-36-22-12-13-23-38(36)43(2,3)39(37)29-34)25-24-30-15-14-21-35(28-30)42-45-40(32-17-8-6-9-18-32)44-41(46-42)33-19-10-7-11-20-33/h4-23,25-29H,1,24H2,2-3H3/b16-5-,31-25+. The molecule has 0 amide bonds. The average molecular weight is 594 g/mol. The molecule has 0 saturated carbocycles. The predicted molar refractivity (Wildman–Crippen MR) is 191 cm³/mol. The Balaban J connectivity index is 1.24. The first-order valence-corrected chi connectivity index (χ1v) is 15.7. The molecular weight excluding hydrogens is 558 g/mol. The van der Waals surface area contributed by atoms with Gasteiger partial charge in [0.1, 0.15) is 0 Å². The SMILES string of the molecule is C=C/C=C\C(=C/Cc1cccc(-c2nc(-c3ccccc3)nc(-c3ccccc3)n2)c1)c1ccc2c(c1)C(C)(C)c1ccccc1-2. The van der Waals surface area contributed by atoms with Gasteiger partial charge in [-0.2, -0.15) is 0 Å². The molecule has 46 heavy (non-hydrogen) atoms. The number of rotatable bonds is 8. The van der Waals surface area contributed by atoms with Crippen molar-refractivity contribution in [2.45, 2.75) is 25.7 Å². The molecule has 3 heteroatoms. The summed E-state index contributed by atoms with van der Waals surface area (Å²) in [6.07, 6.45) is 9.05. The first kappa shape index (κ1) is 29.1. The molecule has 6 aromatic rings. The summed E-state index contributed by atoms with van der Waals surface area (Å²) in [4.78, 5) is 14.7. The second-order valence-corrected chi connectivity index (χ2v) is 12.1. The molecule has 0 saturated heterocycles. The van der Waals surface area contributed by atoms with E-state index in [4.69, 9.17) is 15.0 Å². The summed E-state index contributed by atoms with van der Waals surface area (Å²) in [5.74, 6) is 1.98. The van der Waals surface area contributed by atoms with Gasteiger partial charge in [0.05, 0.1) is 0 Å². The summed E-state index contributed by atoms with van der Waals surface area (Å²) in [6.45, 7) is 8.57. The van der Waals surface area contributed by atoms with Crippen molar-refractivity contribution in [1.29, 1.82) is 0 Å². The molecule has 0 bridgehead atoms. The largest absolute Gasteiger partial charge is 0.208 e. The van der Waals surface area contributed by atoms with Gasteiger partial charge in [0.15, 0.2) is 17.5 Å². The summed E-state index contributed by atoms with van der Waals surface area (Å²) in [6, 6.07) is 44.3. The molecule has 1 aliphatic rings. The lowest BCUT2D eigenvalue weighted by Gasteiger charge is -2.22. The van der Waals surface area contributed by atoms with E-state index >= 15 is 0 Å². The van der Waals surface area contributed by atoms with Gasteiger partial charge in [0.2, 0.25) is 0 Å². The Morgan fingerprint density at radius 1 is 0.609 bits per heavy atom. The van der Waals surface area contributed by atoms with E-state index in [-0.39, 0.29) is 5.41 Å². The van der Waals surface area contributed by atoms with Crippen LogP contribution in [-0.2, 0) is 11.8 Å². The molecule has 0 atom stereocenters. The van der Waals surface area contributed by atoms with Crippen LogP contribution in [0, 0.1) is 0 Å². The van der Waals surface area contributed by atoms with Crippen molar-refractivity contribution >= 4 is 5.57 Å². The van der Waals surface area contributed by atoms with E-state index in [1.807, 2.05) is 72.8 Å². The topological polar surface area (TPSA) is 38.7 Å². The normalized spacial score (nSPS) is 13.4. The highest BCUT2D eigenvalue weighted by atomic mass is 15.0. The lowest BCUT2D eigenvalue weighted by Crippen LogP contribution is -2.15. The van der Waals surface area contributed by atoms with Gasteiger partial charge >= 0.3 is 0 Å². The predicted octanol–water partition coefficient (Wildman–Crippen LogP) is 10.5. The third-order valence-electron chi connectivity index (χ3n) is 8.77. The Hall–Kier alpha value is -5.67. The van der Waals surface area contributed by atoms with E-state index < -0.39 is 0 Å². The van der Waals surface area contributed by atoms with E-state index in [0.717, 1.165) is 28.7 Å². The van der Waals surface area contributed by atoms with Crippen molar-refractivity contribution in [1.82, 2.24) is 15.0 Å². The Morgan fingerprint density at radius 2 is 1.20 bits per heavy atom. The van der Waals surface area contributed by atoms with Crippen LogP contribution in [0.25, 0.3) is 50.9 Å². The van der Waals surface area contributed by atoms with Gasteiger partial charge in [0, 0.05) is 22.1 Å². The Labute approximate surface area is 271 Å². The molecule has 0 spiro atoms. The molecule has 0 N–H and O–H groups in total. The maximum absolute atomic E-state index is 4.93. The van der Waals surface area contributed by atoms with Crippen molar-refractivity contribution in [3.05, 3.63) is 181 Å². The summed E-state index contributed by atoms with van der Waals surface area (Å²) < 4.78 is 0. The van der Waals surface area contributed by atoms with Crippen LogP contribution in [-0.4, -0.2) is 15.0 Å². The minimum atomic E-state index is -0.0503. The van der Waals surface area contributed by atoms with Gasteiger partial charge in [-0.25, -0.2) is 15.0 Å². The minimum Gasteiger partial charge on any atom is -0.208 e. The number of nitrogens with zero attached hydrogens (tertiary/aromatic N) is 3. The summed E-state index contributed by atoms with van der Waals surface area (Å²) >= 11 is 0. The molecular formula is C43H35N3. The Morgan fingerprint density at radius 3 is 1.87 bits per heavy atom. The fourth-order valence-corrected chi connectivity index (χ4v) is 6.34. The van der Waals surface area contributed by atoms with Crippen LogP contribution in [0.5, 0.6) is 0 Å². The van der Waals surface area contributed by atoms with Crippen molar-refractivity contribution < 1.29 is 0 Å². The number of fused-ring (bicyclic) bond motifs is 3. The Kier molecular flexibility index (Phi) is 7.82. The quantitative estimate of drug-likeness (QED) is 0.165. The lowest BCUT2D eigenvalue weighted by atomic mass is 9.81. The van der Waals surface area contributed by atoms with E-state index in [1.54, 1.807) is 0 Å². The number of benzene rings is 5. The molecule has 5 aromatic carbocycles. The maximum Gasteiger partial charge on any atom is 0.164 e. The van der Waals surface area contributed by atoms with Gasteiger partial charge in [-0.3, -0.25) is 0 Å². The maximum atomic E-state index is 4.93. The molecule has 0 aliphatic heterocycles. The van der Waals surface area contributed by atoms with E-state index in [2.05, 4.69) is 99.3 Å². The van der Waals surface area contributed by atoms with Crippen LogP contribution in [0.2, 0.25) is 0 Å². The summed E-state index contributed by atoms with van der Waals surface area (Å²) in [7, 11) is 0. The van der Waals surface area contributed by atoms with E-state index in [0.29, 0.717) is 17.5 Å². The average Bonchev–Trinajstić information content (AvgIpc) is 3.34. The minimum absolute atomic E-state index is 0.0503. The highest BCUT2D eigenvalue weighted by Crippen LogP contribution is 2.49. The summed E-state index contributed by atoms with van der Waals surface area (Å²) in [5.41, 5.74) is 11.8. The lowest BCUT2D eigenvalue weighted by molar-refractivity contribution is 0.660. The number of hydrogen-bond donors (Lipinski definition) is 0. The number of aromatic nitrogens is 3. The van der Waals surface area contributed by atoms with Crippen LogP contribution in [0.4, 0.5) is 0 Å². The zero-order valence-electron chi connectivity index (χ0n) is 26.2. The van der Waals surface area contributed by atoms with Crippen LogP contribution in [0.15, 0.2) is 158 Å². The van der Waals surface area contributed by atoms with Gasteiger partial charge in [-0.15, -0.1) is 0 Å². The van der Waals surface area contributed by atoms with Gasteiger partial charge < -0.3 is 0 Å². The molecule has 1 heterocycles. The number of allylic oxidation sites excluding steroid dienone is 5. The molecule has 222 valence electrons. The van der Waals surface area contributed by atoms with Crippen molar-refractivity contribution in [2.24, 2.45) is 0 Å². The van der Waals surface area contributed by atoms with Crippen LogP contribution in [0.1, 0.15) is 36.1 Å². The molecule has 0 fully saturated rings. The van der Waals surface area contributed by atoms with Crippen LogP contribution >= 0.6 is 0 Å². The third-order valence-corrected chi connectivity index (χ3v) is 8.77. The van der Waals surface area contributed by atoms with Gasteiger partial charge in [0.25, 0.3) is 0 Å². The zero-order chi connectivity index (χ0) is 31.5. The van der Waals surface area contributed by atoms with Crippen molar-refractivity contribution in [3.8, 4) is 45.3 Å². The summed E-state index contributed by atoms with van der Waals surface area (Å²) in [5, 5.41) is 0. The monoisotopic (exact) mass is 593 g/mol. The van der Waals surface area contributed by atoms with Crippen molar-refractivity contribution in [2.75, 3.05) is 0 Å². The van der Waals surface area contributed by atoms with Gasteiger partial charge in [-0.05, 0) is 57.5 Å². The third kappa shape index (κ3) is 5.64. The molecule has 3 nitrogen and oxygen atoms in total. The van der Waals surface area contributed by atoms with Gasteiger partial charge in [-0.1, -0.05) is 160 Å². The van der Waals surface area contributed by atoms with Crippen LogP contribution in [0.3, 0.4) is 0 Å². The molecule has 7 rings (SSSR count).